The first kappa shape index (κ1) is 24.8. The van der Waals surface area contributed by atoms with Crippen molar-refractivity contribution in [1.82, 2.24) is 14.9 Å². The van der Waals surface area contributed by atoms with Gasteiger partial charge in [0.2, 0.25) is 5.95 Å². The van der Waals surface area contributed by atoms with Gasteiger partial charge in [-0.05, 0) is 18.1 Å². The maximum atomic E-state index is 15.2. The molecule has 0 N–H and O–H groups in total. The van der Waals surface area contributed by atoms with Gasteiger partial charge >= 0.3 is 6.09 Å². The molecule has 0 aliphatic carbocycles. The molecule has 1 saturated heterocycles. The molecule has 3 rings (SSSR count). The van der Waals surface area contributed by atoms with E-state index in [4.69, 9.17) is 9.26 Å². The highest BCUT2D eigenvalue weighted by Crippen LogP contribution is 2.37. The third-order valence-electron chi connectivity index (χ3n) is 6.07. The topological polar surface area (TPSA) is 80.2 Å². The van der Waals surface area contributed by atoms with Gasteiger partial charge in [-0.15, -0.1) is 0 Å². The van der Waals surface area contributed by atoms with Crippen molar-refractivity contribution in [1.29, 1.82) is 0 Å². The zero-order valence-corrected chi connectivity index (χ0v) is 21.3. The van der Waals surface area contributed by atoms with Gasteiger partial charge in [-0.25, -0.2) is 19.2 Å². The van der Waals surface area contributed by atoms with E-state index in [9.17, 15) is 4.79 Å². The Hall–Kier alpha value is -2.85. The predicted octanol–water partition coefficient (Wildman–Crippen LogP) is 4.68. The zero-order chi connectivity index (χ0) is 24.4. The SMILES string of the molecule is CN(C)C(=O)ON=C1CN(c2ncc(-c3cccc(CO[Si](C)(C)C(C)(C)C)c3F)cn2)C1. The van der Waals surface area contributed by atoms with E-state index < -0.39 is 14.4 Å². The lowest BCUT2D eigenvalue weighted by atomic mass is 10.1. The fourth-order valence-electron chi connectivity index (χ4n) is 2.79. The van der Waals surface area contributed by atoms with Crippen LogP contribution in [0.15, 0.2) is 35.7 Å². The molecule has 0 unspecified atom stereocenters. The number of anilines is 1. The van der Waals surface area contributed by atoms with Crippen molar-refractivity contribution in [3.05, 3.63) is 42.0 Å². The molecule has 10 heteroatoms. The first-order valence-electron chi connectivity index (χ1n) is 10.8. The highest BCUT2D eigenvalue weighted by Gasteiger charge is 2.37. The Labute approximate surface area is 195 Å². The van der Waals surface area contributed by atoms with E-state index in [2.05, 4.69) is 49.0 Å². The minimum atomic E-state index is -1.99. The van der Waals surface area contributed by atoms with Crippen LogP contribution in [0.1, 0.15) is 26.3 Å². The average Bonchev–Trinajstić information content (AvgIpc) is 2.71. The van der Waals surface area contributed by atoms with E-state index in [1.54, 1.807) is 38.6 Å². The van der Waals surface area contributed by atoms with Gasteiger partial charge in [-0.2, -0.15) is 0 Å². The number of carbonyl (C=O) groups excluding carboxylic acids is 1. The van der Waals surface area contributed by atoms with Gasteiger partial charge in [-0.1, -0.05) is 44.1 Å². The fraction of sp³-hybridized carbons (Fsp3) is 0.478. The first-order chi connectivity index (χ1) is 15.4. The lowest BCUT2D eigenvalue weighted by molar-refractivity contribution is 0.121. The molecule has 1 amide bonds. The van der Waals surface area contributed by atoms with E-state index in [0.717, 1.165) is 5.71 Å². The number of amides is 1. The van der Waals surface area contributed by atoms with Crippen LogP contribution < -0.4 is 4.90 Å². The molecule has 1 aliphatic rings. The van der Waals surface area contributed by atoms with E-state index in [1.807, 2.05) is 11.0 Å². The molecule has 1 fully saturated rings. The standard InChI is InChI=1S/C23H32FN5O3Si/c1-23(2,3)33(6,7)31-15-16-9-8-10-19(20(16)24)17-11-25-21(26-12-17)29-13-18(14-29)27-32-22(30)28(4)5/h8-12H,13-15H2,1-7H3. The third kappa shape index (κ3) is 5.74. The number of hydrogen-bond acceptors (Lipinski definition) is 7. The molecule has 0 saturated carbocycles. The Balaban J connectivity index is 1.65. The van der Waals surface area contributed by atoms with Gasteiger partial charge in [-0.3, -0.25) is 4.84 Å². The number of carbonyl (C=O) groups is 1. The number of nitrogens with zero attached hydrogens (tertiary/aromatic N) is 5. The monoisotopic (exact) mass is 473 g/mol. The quantitative estimate of drug-likeness (QED) is 0.344. The Morgan fingerprint density at radius 1 is 1.21 bits per heavy atom. The maximum Gasteiger partial charge on any atom is 0.435 e. The van der Waals surface area contributed by atoms with Crippen LogP contribution in [-0.2, 0) is 15.9 Å². The molecule has 2 aromatic rings. The molecule has 2 heterocycles. The highest BCUT2D eigenvalue weighted by atomic mass is 28.4. The fourth-order valence-corrected chi connectivity index (χ4v) is 3.74. The van der Waals surface area contributed by atoms with Crippen LogP contribution in [0.5, 0.6) is 0 Å². The molecule has 33 heavy (non-hydrogen) atoms. The Morgan fingerprint density at radius 2 is 1.85 bits per heavy atom. The molecule has 8 nitrogen and oxygen atoms in total. The first-order valence-corrected chi connectivity index (χ1v) is 13.7. The largest absolute Gasteiger partial charge is 0.435 e. The molecular weight excluding hydrogens is 441 g/mol. The van der Waals surface area contributed by atoms with Gasteiger partial charge in [0.05, 0.1) is 25.4 Å². The molecule has 1 aliphatic heterocycles. The summed E-state index contributed by atoms with van der Waals surface area (Å²) in [5.74, 6) is 0.197. The Morgan fingerprint density at radius 3 is 2.42 bits per heavy atom. The highest BCUT2D eigenvalue weighted by molar-refractivity contribution is 6.74. The third-order valence-corrected chi connectivity index (χ3v) is 10.5. The maximum absolute atomic E-state index is 15.2. The molecule has 0 atom stereocenters. The second-order valence-electron chi connectivity index (χ2n) is 9.86. The lowest BCUT2D eigenvalue weighted by Crippen LogP contribution is -2.48. The van der Waals surface area contributed by atoms with Gasteiger partial charge < -0.3 is 14.2 Å². The van der Waals surface area contributed by atoms with Crippen molar-refractivity contribution < 1.29 is 18.4 Å². The predicted molar refractivity (Wildman–Crippen MR) is 129 cm³/mol. The summed E-state index contributed by atoms with van der Waals surface area (Å²) in [6.45, 7) is 12.0. The summed E-state index contributed by atoms with van der Waals surface area (Å²) in [5.41, 5.74) is 2.29. The summed E-state index contributed by atoms with van der Waals surface area (Å²) in [6, 6.07) is 5.30. The normalized spacial score (nSPS) is 14.1. The van der Waals surface area contributed by atoms with Gasteiger partial charge in [0.15, 0.2) is 8.32 Å². The van der Waals surface area contributed by atoms with Crippen molar-refractivity contribution in [2.24, 2.45) is 5.16 Å². The summed E-state index contributed by atoms with van der Waals surface area (Å²) in [6.07, 6.45) is 2.70. The summed E-state index contributed by atoms with van der Waals surface area (Å²) < 4.78 is 21.4. The summed E-state index contributed by atoms with van der Waals surface area (Å²) in [4.78, 5) is 28.2. The number of halogens is 1. The summed E-state index contributed by atoms with van der Waals surface area (Å²) >= 11 is 0. The molecule has 0 spiro atoms. The molecular formula is C23H32FN5O3Si. The molecule has 1 aromatic heterocycles. The van der Waals surface area contributed by atoms with Crippen LogP contribution >= 0.6 is 0 Å². The van der Waals surface area contributed by atoms with Gasteiger partial charge in [0, 0.05) is 43.2 Å². The van der Waals surface area contributed by atoms with E-state index in [0.29, 0.717) is 35.7 Å². The Kier molecular flexibility index (Phi) is 7.18. The van der Waals surface area contributed by atoms with Crippen molar-refractivity contribution in [2.45, 2.75) is 45.5 Å². The molecule has 1 aromatic carbocycles. The molecule has 0 bridgehead atoms. The van der Waals surface area contributed by atoms with Crippen LogP contribution in [0.3, 0.4) is 0 Å². The van der Waals surface area contributed by atoms with Gasteiger partial charge in [0.1, 0.15) is 5.82 Å². The molecule has 0 radical (unpaired) electrons. The van der Waals surface area contributed by atoms with Crippen molar-refractivity contribution >= 4 is 26.1 Å². The van der Waals surface area contributed by atoms with Crippen LogP contribution in [0, 0.1) is 5.82 Å². The number of benzene rings is 1. The second-order valence-corrected chi connectivity index (χ2v) is 14.7. The minimum absolute atomic E-state index is 0.0557. The van der Waals surface area contributed by atoms with Crippen LogP contribution in [0.4, 0.5) is 15.1 Å². The number of rotatable bonds is 6. The van der Waals surface area contributed by atoms with Crippen LogP contribution in [0.2, 0.25) is 18.1 Å². The van der Waals surface area contributed by atoms with Crippen LogP contribution in [0.25, 0.3) is 11.1 Å². The Bertz CT molecular complexity index is 1030. The van der Waals surface area contributed by atoms with Crippen LogP contribution in [-0.4, -0.2) is 62.2 Å². The van der Waals surface area contributed by atoms with Crippen molar-refractivity contribution in [3.8, 4) is 11.1 Å². The second kappa shape index (κ2) is 9.56. The average molecular weight is 474 g/mol. The van der Waals surface area contributed by atoms with Crippen molar-refractivity contribution in [2.75, 3.05) is 32.1 Å². The molecule has 178 valence electrons. The number of hydrogen-bond donors (Lipinski definition) is 0. The lowest BCUT2D eigenvalue weighted by Gasteiger charge is -2.36. The minimum Gasteiger partial charge on any atom is -0.412 e. The number of aromatic nitrogens is 2. The van der Waals surface area contributed by atoms with Gasteiger partial charge in [0.25, 0.3) is 0 Å². The van der Waals surface area contributed by atoms with E-state index in [1.165, 1.54) is 4.90 Å². The van der Waals surface area contributed by atoms with E-state index in [-0.39, 0.29) is 17.5 Å². The van der Waals surface area contributed by atoms with E-state index >= 15 is 4.39 Å². The zero-order valence-electron chi connectivity index (χ0n) is 20.3. The summed E-state index contributed by atoms with van der Waals surface area (Å²) in [5, 5.41) is 3.89. The summed E-state index contributed by atoms with van der Waals surface area (Å²) in [7, 11) is 1.19. The smallest absolute Gasteiger partial charge is 0.412 e. The number of oxime groups is 1. The van der Waals surface area contributed by atoms with Crippen molar-refractivity contribution in [3.63, 3.8) is 0 Å².